The molecule has 1 aliphatic rings. The Labute approximate surface area is 179 Å². The molecule has 4 N–H and O–H groups in total. The molecule has 2 rings (SSSR count). The van der Waals surface area contributed by atoms with Crippen LogP contribution in [0.25, 0.3) is 0 Å². The highest BCUT2D eigenvalue weighted by atomic mass is 19.1. The maximum absolute atomic E-state index is 13.7. The predicted octanol–water partition coefficient (Wildman–Crippen LogP) is 1.39. The molecule has 0 unspecified atom stereocenters. The molecule has 1 saturated heterocycles. The number of halogens is 2. The van der Waals surface area contributed by atoms with Crippen LogP contribution in [-0.4, -0.2) is 68.5 Å². The van der Waals surface area contributed by atoms with E-state index in [1.807, 2.05) is 0 Å². The van der Waals surface area contributed by atoms with Crippen molar-refractivity contribution in [1.29, 1.82) is 0 Å². The standard InChI is InChI=1S/C21H28F2N4O4/c1-2-17(24)19(20(25)26-6-3-7-27-8-10-30-11-9-27)21(29)31-13-18(28)15-5-4-14(22)12-16(15)23/h4-5,12H,2-3,6-11,13,24H2,1H3,(H2,25,26)/b19-17+. The van der Waals surface area contributed by atoms with Gasteiger partial charge in [-0.25, -0.2) is 13.6 Å². The van der Waals surface area contributed by atoms with Gasteiger partial charge in [0, 0.05) is 37.9 Å². The number of hydrogen-bond acceptors (Lipinski definition) is 7. The first kappa shape index (κ1) is 24.4. The molecule has 0 aromatic heterocycles. The first-order valence-electron chi connectivity index (χ1n) is 10.1. The summed E-state index contributed by atoms with van der Waals surface area (Å²) in [6.07, 6.45) is 1.05. The van der Waals surface area contributed by atoms with E-state index in [4.69, 9.17) is 20.9 Å². The van der Waals surface area contributed by atoms with Crippen molar-refractivity contribution in [3.05, 3.63) is 46.7 Å². The summed E-state index contributed by atoms with van der Waals surface area (Å²) in [6, 6.07) is 2.51. The first-order valence-corrected chi connectivity index (χ1v) is 10.1. The van der Waals surface area contributed by atoms with Gasteiger partial charge in [0.2, 0.25) is 5.78 Å². The Kier molecular flexibility index (Phi) is 9.54. The van der Waals surface area contributed by atoms with Crippen LogP contribution in [0, 0.1) is 11.6 Å². The monoisotopic (exact) mass is 438 g/mol. The van der Waals surface area contributed by atoms with Crippen molar-refractivity contribution in [1.82, 2.24) is 4.90 Å². The van der Waals surface area contributed by atoms with Crippen LogP contribution in [0.4, 0.5) is 8.78 Å². The summed E-state index contributed by atoms with van der Waals surface area (Å²) >= 11 is 0. The van der Waals surface area contributed by atoms with E-state index in [2.05, 4.69) is 9.89 Å². The zero-order chi connectivity index (χ0) is 22.8. The topological polar surface area (TPSA) is 120 Å². The van der Waals surface area contributed by atoms with Gasteiger partial charge in [0.1, 0.15) is 23.0 Å². The molecule has 0 atom stereocenters. The third-order valence-corrected chi connectivity index (χ3v) is 4.75. The van der Waals surface area contributed by atoms with Crippen molar-refractivity contribution < 1.29 is 27.8 Å². The Morgan fingerprint density at radius 3 is 2.58 bits per heavy atom. The summed E-state index contributed by atoms with van der Waals surface area (Å²) in [5.74, 6) is -3.67. The fourth-order valence-electron chi connectivity index (χ4n) is 2.97. The molecule has 0 saturated carbocycles. The van der Waals surface area contributed by atoms with Gasteiger partial charge in [-0.15, -0.1) is 0 Å². The van der Waals surface area contributed by atoms with Crippen LogP contribution < -0.4 is 11.5 Å². The molecular weight excluding hydrogens is 410 g/mol. The number of benzene rings is 1. The summed E-state index contributed by atoms with van der Waals surface area (Å²) < 4.78 is 37.0. The lowest BCUT2D eigenvalue weighted by Gasteiger charge is -2.26. The molecule has 1 heterocycles. The molecule has 0 radical (unpaired) electrons. The fourth-order valence-corrected chi connectivity index (χ4v) is 2.97. The molecule has 170 valence electrons. The third-order valence-electron chi connectivity index (χ3n) is 4.75. The minimum absolute atomic E-state index is 0.0771. The van der Waals surface area contributed by atoms with E-state index < -0.39 is 30.0 Å². The lowest BCUT2D eigenvalue weighted by Crippen LogP contribution is -2.37. The van der Waals surface area contributed by atoms with E-state index in [0.717, 1.165) is 38.2 Å². The third kappa shape index (κ3) is 7.41. The van der Waals surface area contributed by atoms with Crippen LogP contribution in [0.3, 0.4) is 0 Å². The van der Waals surface area contributed by atoms with E-state index in [0.29, 0.717) is 32.2 Å². The summed E-state index contributed by atoms with van der Waals surface area (Å²) in [5, 5.41) is 0. The lowest BCUT2D eigenvalue weighted by atomic mass is 10.1. The molecule has 1 aromatic carbocycles. The Balaban J connectivity index is 1.95. The van der Waals surface area contributed by atoms with Gasteiger partial charge in [0.05, 0.1) is 18.8 Å². The first-order chi connectivity index (χ1) is 14.8. The second-order valence-electron chi connectivity index (χ2n) is 6.95. The Morgan fingerprint density at radius 1 is 1.23 bits per heavy atom. The number of carbonyl (C=O) groups is 2. The zero-order valence-electron chi connectivity index (χ0n) is 17.5. The number of carbonyl (C=O) groups excluding carboxylic acids is 2. The average molecular weight is 438 g/mol. The Hall–Kier alpha value is -2.85. The van der Waals surface area contributed by atoms with Crippen LogP contribution in [0.15, 0.2) is 34.5 Å². The highest BCUT2D eigenvalue weighted by Crippen LogP contribution is 2.12. The van der Waals surface area contributed by atoms with Crippen molar-refractivity contribution in [3.63, 3.8) is 0 Å². The van der Waals surface area contributed by atoms with Crippen LogP contribution in [0.1, 0.15) is 30.1 Å². The minimum atomic E-state index is -1.04. The van der Waals surface area contributed by atoms with E-state index in [1.54, 1.807) is 6.92 Å². The quantitative estimate of drug-likeness (QED) is 0.141. The van der Waals surface area contributed by atoms with Crippen molar-refractivity contribution in [2.24, 2.45) is 16.5 Å². The number of rotatable bonds is 10. The number of allylic oxidation sites excluding steroid dienone is 1. The van der Waals surface area contributed by atoms with E-state index in [9.17, 15) is 18.4 Å². The molecule has 1 aliphatic heterocycles. The summed E-state index contributed by atoms with van der Waals surface area (Å²) in [6.45, 7) is 5.33. The average Bonchev–Trinajstić information content (AvgIpc) is 2.75. The highest BCUT2D eigenvalue weighted by molar-refractivity contribution is 6.19. The maximum Gasteiger partial charge on any atom is 0.344 e. The van der Waals surface area contributed by atoms with Gasteiger partial charge in [-0.2, -0.15) is 0 Å². The zero-order valence-corrected chi connectivity index (χ0v) is 17.5. The van der Waals surface area contributed by atoms with Crippen LogP contribution >= 0.6 is 0 Å². The van der Waals surface area contributed by atoms with Gasteiger partial charge in [-0.05, 0) is 25.0 Å². The van der Waals surface area contributed by atoms with Crippen molar-refractivity contribution in [2.45, 2.75) is 19.8 Å². The number of hydrogen-bond donors (Lipinski definition) is 2. The summed E-state index contributed by atoms with van der Waals surface area (Å²) in [4.78, 5) is 31.1. The SMILES string of the molecule is CC/C(N)=C(\C(=O)OCC(=O)c1ccc(F)cc1F)C(N)=NCCCN1CCOCC1. The van der Waals surface area contributed by atoms with Crippen molar-refractivity contribution in [2.75, 3.05) is 46.0 Å². The molecule has 0 bridgehead atoms. The van der Waals surface area contributed by atoms with Gasteiger partial charge < -0.3 is 20.9 Å². The van der Waals surface area contributed by atoms with Crippen LogP contribution in [0.2, 0.25) is 0 Å². The number of morpholine rings is 1. The molecule has 0 spiro atoms. The summed E-state index contributed by atoms with van der Waals surface area (Å²) in [5.41, 5.74) is 11.5. The molecule has 0 amide bonds. The van der Waals surface area contributed by atoms with E-state index in [-0.39, 0.29) is 22.7 Å². The Bertz CT molecular complexity index is 852. The molecular formula is C21H28F2N4O4. The molecule has 10 heteroatoms. The number of ether oxygens (including phenoxy) is 2. The molecule has 1 aromatic rings. The predicted molar refractivity (Wildman–Crippen MR) is 112 cm³/mol. The van der Waals surface area contributed by atoms with Gasteiger partial charge in [0.15, 0.2) is 6.61 Å². The summed E-state index contributed by atoms with van der Waals surface area (Å²) in [7, 11) is 0. The number of aliphatic imine (C=N–C) groups is 1. The molecule has 8 nitrogen and oxygen atoms in total. The number of ketones is 1. The lowest BCUT2D eigenvalue weighted by molar-refractivity contribution is -0.137. The second-order valence-corrected chi connectivity index (χ2v) is 6.95. The van der Waals surface area contributed by atoms with Gasteiger partial charge >= 0.3 is 5.97 Å². The second kappa shape index (κ2) is 12.1. The van der Waals surface area contributed by atoms with Gasteiger partial charge in [0.25, 0.3) is 0 Å². The number of esters is 1. The molecule has 1 fully saturated rings. The maximum atomic E-state index is 13.7. The van der Waals surface area contributed by atoms with E-state index in [1.165, 1.54) is 0 Å². The number of Topliss-reactive ketones (excluding diaryl/α,β-unsaturated/α-hetero) is 1. The number of nitrogens with two attached hydrogens (primary N) is 2. The van der Waals surface area contributed by atoms with Gasteiger partial charge in [-0.1, -0.05) is 6.92 Å². The normalized spacial score (nSPS) is 16.0. The smallest absolute Gasteiger partial charge is 0.344 e. The highest BCUT2D eigenvalue weighted by Gasteiger charge is 2.21. The number of nitrogens with zero attached hydrogens (tertiary/aromatic N) is 2. The number of amidine groups is 1. The Morgan fingerprint density at radius 2 is 1.94 bits per heavy atom. The van der Waals surface area contributed by atoms with Crippen LogP contribution in [0.5, 0.6) is 0 Å². The van der Waals surface area contributed by atoms with Crippen LogP contribution in [-0.2, 0) is 14.3 Å². The van der Waals surface area contributed by atoms with Gasteiger partial charge in [-0.3, -0.25) is 14.7 Å². The van der Waals surface area contributed by atoms with Crippen molar-refractivity contribution >= 4 is 17.6 Å². The largest absolute Gasteiger partial charge is 0.454 e. The van der Waals surface area contributed by atoms with E-state index >= 15 is 0 Å². The molecule has 31 heavy (non-hydrogen) atoms. The minimum Gasteiger partial charge on any atom is -0.454 e. The fraction of sp³-hybridized carbons (Fsp3) is 0.476. The van der Waals surface area contributed by atoms with Crippen molar-refractivity contribution in [3.8, 4) is 0 Å². The molecule has 0 aliphatic carbocycles.